The van der Waals surface area contributed by atoms with E-state index in [0.717, 1.165) is 23.2 Å². The van der Waals surface area contributed by atoms with Gasteiger partial charge in [0.05, 0.1) is 7.11 Å². The molecule has 2 atom stereocenters. The van der Waals surface area contributed by atoms with E-state index in [0.29, 0.717) is 12.2 Å². The first-order valence-corrected chi connectivity index (χ1v) is 12.8. The molecule has 2 aromatic rings. The number of alkyl halides is 3. The average Bonchev–Trinajstić information content (AvgIpc) is 2.73. The van der Waals surface area contributed by atoms with E-state index in [1.807, 2.05) is 48.0 Å². The van der Waals surface area contributed by atoms with Crippen molar-refractivity contribution in [3.05, 3.63) is 59.7 Å². The topological polar surface area (TPSA) is 67.4 Å². The lowest BCUT2D eigenvalue weighted by atomic mass is 9.86. The van der Waals surface area contributed by atoms with Crippen LogP contribution in [-0.4, -0.2) is 33.1 Å². The van der Waals surface area contributed by atoms with Crippen LogP contribution in [0.4, 0.5) is 18.9 Å². The van der Waals surface area contributed by atoms with E-state index in [1.165, 1.54) is 0 Å². The van der Waals surface area contributed by atoms with Gasteiger partial charge in [-0.3, -0.25) is 0 Å². The van der Waals surface area contributed by atoms with Gasteiger partial charge in [0.15, 0.2) is 0 Å². The number of rotatable bonds is 11. The zero-order valence-electron chi connectivity index (χ0n) is 20.4. The number of methoxy groups -OCH3 is 1. The maximum absolute atomic E-state index is 13.1. The third-order valence-electron chi connectivity index (χ3n) is 5.60. The van der Waals surface area contributed by atoms with Gasteiger partial charge in [0.2, 0.25) is 0 Å². The highest BCUT2D eigenvalue weighted by molar-refractivity contribution is 7.90. The normalized spacial score (nSPS) is 14.5. The summed E-state index contributed by atoms with van der Waals surface area (Å²) in [6.45, 7) is 8.19. The van der Waals surface area contributed by atoms with Gasteiger partial charge in [-0.05, 0) is 60.1 Å². The van der Waals surface area contributed by atoms with Crippen LogP contribution in [0.2, 0.25) is 0 Å². The van der Waals surface area contributed by atoms with Gasteiger partial charge in [0, 0.05) is 17.8 Å². The molecule has 0 saturated heterocycles. The zero-order valence-corrected chi connectivity index (χ0v) is 21.2. The predicted octanol–water partition coefficient (Wildman–Crippen LogP) is 6.01. The number of anilines is 1. The molecule has 0 saturated carbocycles. The van der Waals surface area contributed by atoms with Crippen LogP contribution in [0.1, 0.15) is 58.1 Å². The van der Waals surface area contributed by atoms with Crippen molar-refractivity contribution in [2.45, 2.75) is 76.4 Å². The molecule has 2 N–H and O–H groups in total. The van der Waals surface area contributed by atoms with Crippen molar-refractivity contribution in [3.63, 3.8) is 0 Å². The van der Waals surface area contributed by atoms with Crippen LogP contribution in [0.15, 0.2) is 48.5 Å². The smallest absolute Gasteiger partial charge is 0.497 e. The van der Waals surface area contributed by atoms with Gasteiger partial charge in [0.1, 0.15) is 5.75 Å². The summed E-state index contributed by atoms with van der Waals surface area (Å²) in [5.41, 5.74) is -2.79. The quantitative estimate of drug-likeness (QED) is 0.396. The molecule has 2 aromatic carbocycles. The number of hydrogen-bond donors (Lipinski definition) is 2. The van der Waals surface area contributed by atoms with Gasteiger partial charge in [0.25, 0.3) is 0 Å². The summed E-state index contributed by atoms with van der Waals surface area (Å²) in [6.07, 6.45) is 1.78. The van der Waals surface area contributed by atoms with E-state index in [2.05, 4.69) is 26.1 Å². The molecule has 0 spiro atoms. The molecule has 0 radical (unpaired) electrons. The third kappa shape index (κ3) is 8.20. The first-order valence-electron chi connectivity index (χ1n) is 11.3. The molecule has 0 aromatic heterocycles. The van der Waals surface area contributed by atoms with Crippen molar-refractivity contribution >= 4 is 15.7 Å². The molecule has 0 fully saturated rings. The van der Waals surface area contributed by atoms with Crippen molar-refractivity contribution in [1.82, 2.24) is 4.72 Å². The first-order chi connectivity index (χ1) is 15.7. The second-order valence-corrected chi connectivity index (χ2v) is 11.2. The second kappa shape index (κ2) is 11.4. The minimum atomic E-state index is -5.49. The molecule has 0 heterocycles. The average molecular weight is 501 g/mol. The Morgan fingerprint density at radius 1 is 0.941 bits per heavy atom. The highest BCUT2D eigenvalue weighted by Crippen LogP contribution is 2.26. The Bertz CT molecular complexity index is 1000. The number of ether oxygens (including phenoxy) is 1. The molecular weight excluding hydrogens is 465 g/mol. The Morgan fingerprint density at radius 2 is 1.53 bits per heavy atom. The van der Waals surface area contributed by atoms with Gasteiger partial charge >= 0.3 is 15.5 Å². The fraction of sp³-hybridized carbons (Fsp3) is 0.520. The first kappa shape index (κ1) is 28.0. The van der Waals surface area contributed by atoms with E-state index in [1.54, 1.807) is 19.2 Å². The fourth-order valence-corrected chi connectivity index (χ4v) is 4.50. The van der Waals surface area contributed by atoms with Crippen molar-refractivity contribution in [3.8, 4) is 5.75 Å². The van der Waals surface area contributed by atoms with Gasteiger partial charge in [-0.25, -0.2) is 13.1 Å². The molecule has 0 unspecified atom stereocenters. The van der Waals surface area contributed by atoms with Crippen molar-refractivity contribution in [1.29, 1.82) is 0 Å². The van der Waals surface area contributed by atoms with E-state index < -0.39 is 21.6 Å². The molecule has 0 aliphatic heterocycles. The fourth-order valence-electron chi connectivity index (χ4n) is 3.75. The highest BCUT2D eigenvalue weighted by atomic mass is 32.2. The van der Waals surface area contributed by atoms with Crippen molar-refractivity contribution < 1.29 is 26.3 Å². The number of sulfonamides is 1. The molecule has 9 heteroatoms. The molecule has 5 nitrogen and oxygen atoms in total. The molecule has 2 rings (SSSR count). The van der Waals surface area contributed by atoms with Gasteiger partial charge in [-0.1, -0.05) is 58.4 Å². The summed E-state index contributed by atoms with van der Waals surface area (Å²) in [4.78, 5) is 0. The predicted molar refractivity (Wildman–Crippen MR) is 131 cm³/mol. The summed E-state index contributed by atoms with van der Waals surface area (Å²) in [5.74, 6) is 0.687. The lowest BCUT2D eigenvalue weighted by Gasteiger charge is -2.27. The molecule has 0 aliphatic carbocycles. The van der Waals surface area contributed by atoms with Crippen LogP contribution in [0.5, 0.6) is 5.75 Å². The van der Waals surface area contributed by atoms with E-state index in [9.17, 15) is 21.6 Å². The summed E-state index contributed by atoms with van der Waals surface area (Å²) in [7, 11) is -3.92. The van der Waals surface area contributed by atoms with E-state index in [4.69, 9.17) is 4.74 Å². The molecule has 190 valence electrons. The Balaban J connectivity index is 2.26. The Kier molecular flexibility index (Phi) is 9.42. The molecular formula is C25H35F3N2O3S. The lowest BCUT2D eigenvalue weighted by Crippen LogP contribution is -2.45. The van der Waals surface area contributed by atoms with E-state index >= 15 is 0 Å². The molecule has 0 aliphatic rings. The van der Waals surface area contributed by atoms with Gasteiger partial charge in [-0.2, -0.15) is 13.2 Å². The SMILES string of the molecule is CCC[C@H](C[C@@H](Cc1ccc(C(C)(C)C)cc1)NS(=O)(=O)C(F)(F)F)Nc1ccc(OC)cc1. The summed E-state index contributed by atoms with van der Waals surface area (Å²) in [5, 5.41) is 3.33. The standard InChI is InChI=1S/C25H35F3N2O3S/c1-6-7-21(29-20-12-14-23(33-5)15-13-20)17-22(30-34(31,32)25(26,27)28)16-18-8-10-19(11-9-18)24(2,3)4/h8-15,21-22,29-30H,6-7,16-17H2,1-5H3/t21-,22-/m1/s1. The minimum absolute atomic E-state index is 0.0652. The summed E-state index contributed by atoms with van der Waals surface area (Å²) in [6, 6.07) is 13.6. The van der Waals surface area contributed by atoms with Gasteiger partial charge in [-0.15, -0.1) is 0 Å². The number of benzene rings is 2. The van der Waals surface area contributed by atoms with Crippen molar-refractivity contribution in [2.75, 3.05) is 12.4 Å². The van der Waals surface area contributed by atoms with Crippen molar-refractivity contribution in [2.24, 2.45) is 0 Å². The number of hydrogen-bond acceptors (Lipinski definition) is 4. The van der Waals surface area contributed by atoms with E-state index in [-0.39, 0.29) is 24.3 Å². The Morgan fingerprint density at radius 3 is 2.00 bits per heavy atom. The third-order valence-corrected chi connectivity index (χ3v) is 6.85. The monoisotopic (exact) mass is 500 g/mol. The Hall–Kier alpha value is -2.26. The number of nitrogens with one attached hydrogen (secondary N) is 2. The minimum Gasteiger partial charge on any atom is -0.497 e. The maximum atomic E-state index is 13.1. The van der Waals surface area contributed by atoms with Crippen LogP contribution in [0.25, 0.3) is 0 Å². The number of halogens is 3. The molecule has 0 amide bonds. The van der Waals surface area contributed by atoms with Crippen LogP contribution >= 0.6 is 0 Å². The molecule has 0 bridgehead atoms. The maximum Gasteiger partial charge on any atom is 0.511 e. The van der Waals surface area contributed by atoms with Gasteiger partial charge < -0.3 is 10.1 Å². The zero-order chi connectivity index (χ0) is 25.6. The van der Waals surface area contributed by atoms with Crippen LogP contribution in [-0.2, 0) is 21.9 Å². The molecule has 34 heavy (non-hydrogen) atoms. The van der Waals surface area contributed by atoms with Crippen LogP contribution in [0, 0.1) is 0 Å². The summed E-state index contributed by atoms with van der Waals surface area (Å²) >= 11 is 0. The Labute approximate surface area is 201 Å². The lowest BCUT2D eigenvalue weighted by molar-refractivity contribution is -0.0451. The summed E-state index contributed by atoms with van der Waals surface area (Å²) < 4.78 is 70.4. The van der Waals surface area contributed by atoms with Crippen LogP contribution in [0.3, 0.4) is 0 Å². The largest absolute Gasteiger partial charge is 0.511 e. The second-order valence-electron chi connectivity index (χ2n) is 9.51. The van der Waals surface area contributed by atoms with Crippen LogP contribution < -0.4 is 14.8 Å². The highest BCUT2D eigenvalue weighted by Gasteiger charge is 2.46.